The molecular formula is C24H32N4O6S2. The number of morpholine rings is 1. The molecule has 12 heteroatoms. The van der Waals surface area contributed by atoms with E-state index in [1.807, 2.05) is 7.05 Å². The molecule has 0 radical (unpaired) electrons. The fourth-order valence-corrected chi connectivity index (χ4v) is 6.96. The van der Waals surface area contributed by atoms with Crippen LogP contribution < -0.4 is 5.32 Å². The number of sulfonamides is 2. The first kappa shape index (κ1) is 26.7. The average Bonchev–Trinajstić information content (AvgIpc) is 2.89. The van der Waals surface area contributed by atoms with Gasteiger partial charge in [-0.3, -0.25) is 4.79 Å². The van der Waals surface area contributed by atoms with Crippen molar-refractivity contribution in [2.75, 3.05) is 64.8 Å². The monoisotopic (exact) mass is 536 g/mol. The number of ether oxygens (including phenoxy) is 1. The van der Waals surface area contributed by atoms with Crippen molar-refractivity contribution in [2.45, 2.75) is 22.6 Å². The largest absolute Gasteiger partial charge is 0.379 e. The van der Waals surface area contributed by atoms with Gasteiger partial charge in [0.2, 0.25) is 26.0 Å². The number of piperazine rings is 1. The van der Waals surface area contributed by atoms with E-state index >= 15 is 0 Å². The first-order chi connectivity index (χ1) is 17.2. The number of likely N-dealkylation sites (N-methyl/N-ethyl adjacent to an activating group) is 1. The average molecular weight is 537 g/mol. The molecule has 0 aromatic heterocycles. The second-order valence-corrected chi connectivity index (χ2v) is 12.8. The molecule has 196 valence electrons. The minimum atomic E-state index is -3.56. The van der Waals surface area contributed by atoms with Gasteiger partial charge in [0.05, 0.1) is 23.0 Å². The van der Waals surface area contributed by atoms with E-state index in [0.29, 0.717) is 64.6 Å². The number of benzene rings is 2. The van der Waals surface area contributed by atoms with E-state index in [0.717, 1.165) is 5.56 Å². The van der Waals surface area contributed by atoms with Gasteiger partial charge in [0.25, 0.3) is 0 Å². The fourth-order valence-electron chi connectivity index (χ4n) is 4.13. The van der Waals surface area contributed by atoms with Gasteiger partial charge in [-0.05, 0) is 55.4 Å². The summed E-state index contributed by atoms with van der Waals surface area (Å²) in [5, 5.41) is 2.79. The van der Waals surface area contributed by atoms with Gasteiger partial charge in [-0.15, -0.1) is 0 Å². The minimum Gasteiger partial charge on any atom is -0.379 e. The summed E-state index contributed by atoms with van der Waals surface area (Å²) in [6, 6.07) is 12.8. The molecule has 2 aromatic rings. The zero-order valence-corrected chi connectivity index (χ0v) is 21.9. The number of rotatable bonds is 8. The summed E-state index contributed by atoms with van der Waals surface area (Å²) in [7, 11) is -5.14. The van der Waals surface area contributed by atoms with Crippen molar-refractivity contribution in [1.82, 2.24) is 13.5 Å². The van der Waals surface area contributed by atoms with E-state index in [2.05, 4.69) is 10.2 Å². The summed E-state index contributed by atoms with van der Waals surface area (Å²) in [6.07, 6.45) is 0.649. The lowest BCUT2D eigenvalue weighted by atomic mass is 10.1. The topological polar surface area (TPSA) is 116 Å². The SMILES string of the molecule is CN1CCN(S(=O)(=O)c2ccc(NC(=O)CCc3ccc(S(=O)(=O)N4CCOCC4)cc3)cc2)CC1. The predicted molar refractivity (Wildman–Crippen MR) is 136 cm³/mol. The summed E-state index contributed by atoms with van der Waals surface area (Å²) >= 11 is 0. The van der Waals surface area contributed by atoms with E-state index in [1.54, 1.807) is 36.4 Å². The van der Waals surface area contributed by atoms with Crippen LogP contribution in [-0.2, 0) is 36.0 Å². The Morgan fingerprint density at radius 2 is 1.28 bits per heavy atom. The van der Waals surface area contributed by atoms with Crippen LogP contribution in [0.1, 0.15) is 12.0 Å². The normalized spacial score (nSPS) is 18.7. The van der Waals surface area contributed by atoms with Gasteiger partial charge in [-0.2, -0.15) is 8.61 Å². The molecule has 0 unspecified atom stereocenters. The molecule has 1 N–H and O–H groups in total. The van der Waals surface area contributed by atoms with Crippen molar-refractivity contribution in [1.29, 1.82) is 0 Å². The molecule has 0 aliphatic carbocycles. The Hall–Kier alpha value is -2.35. The number of nitrogens with one attached hydrogen (secondary N) is 1. The van der Waals surface area contributed by atoms with Gasteiger partial charge in [0, 0.05) is 51.4 Å². The van der Waals surface area contributed by atoms with Gasteiger partial charge < -0.3 is 15.0 Å². The highest BCUT2D eigenvalue weighted by molar-refractivity contribution is 7.89. The smallest absolute Gasteiger partial charge is 0.243 e. The summed E-state index contributed by atoms with van der Waals surface area (Å²) in [4.78, 5) is 14.9. The summed E-state index contributed by atoms with van der Waals surface area (Å²) in [5.74, 6) is -0.213. The third kappa shape index (κ3) is 6.31. The number of anilines is 1. The van der Waals surface area contributed by atoms with Gasteiger partial charge in [0.1, 0.15) is 0 Å². The number of carbonyl (C=O) groups is 1. The summed E-state index contributed by atoms with van der Waals surface area (Å²) < 4.78 is 59.2. The van der Waals surface area contributed by atoms with Crippen molar-refractivity contribution >= 4 is 31.6 Å². The molecular weight excluding hydrogens is 504 g/mol. The standard InChI is InChI=1S/C24H32N4O6S2/c1-26-12-14-27(15-13-26)35(30,31)23-9-5-21(6-10-23)25-24(29)11-4-20-2-7-22(8-3-20)36(32,33)28-16-18-34-19-17-28/h2-3,5-10H,4,11-19H2,1H3,(H,25,29). The van der Waals surface area contributed by atoms with E-state index in [4.69, 9.17) is 4.74 Å². The van der Waals surface area contributed by atoms with Crippen LogP contribution in [0.3, 0.4) is 0 Å². The lowest BCUT2D eigenvalue weighted by Crippen LogP contribution is -2.46. The first-order valence-electron chi connectivity index (χ1n) is 11.9. The highest BCUT2D eigenvalue weighted by atomic mass is 32.2. The molecule has 0 bridgehead atoms. The van der Waals surface area contributed by atoms with Gasteiger partial charge in [-0.1, -0.05) is 12.1 Å². The summed E-state index contributed by atoms with van der Waals surface area (Å²) in [6.45, 7) is 3.76. The quantitative estimate of drug-likeness (QED) is 0.539. The first-order valence-corrected chi connectivity index (χ1v) is 14.8. The number of hydrogen-bond acceptors (Lipinski definition) is 7. The van der Waals surface area contributed by atoms with Crippen molar-refractivity contribution in [3.05, 3.63) is 54.1 Å². The lowest BCUT2D eigenvalue weighted by molar-refractivity contribution is -0.116. The zero-order valence-electron chi connectivity index (χ0n) is 20.3. The molecule has 0 spiro atoms. The van der Waals surface area contributed by atoms with Gasteiger partial charge >= 0.3 is 0 Å². The van der Waals surface area contributed by atoms with Crippen molar-refractivity contribution < 1.29 is 26.4 Å². The molecule has 36 heavy (non-hydrogen) atoms. The van der Waals surface area contributed by atoms with Crippen LogP contribution in [0.15, 0.2) is 58.3 Å². The Balaban J connectivity index is 1.29. The maximum atomic E-state index is 12.8. The van der Waals surface area contributed by atoms with Crippen LogP contribution in [0.25, 0.3) is 0 Å². The third-order valence-corrected chi connectivity index (χ3v) is 10.2. The van der Waals surface area contributed by atoms with E-state index < -0.39 is 20.0 Å². The Kier molecular flexibility index (Phi) is 8.43. The highest BCUT2D eigenvalue weighted by Gasteiger charge is 2.28. The van der Waals surface area contributed by atoms with Gasteiger partial charge in [0.15, 0.2) is 0 Å². The van der Waals surface area contributed by atoms with Gasteiger partial charge in [-0.25, -0.2) is 16.8 Å². The van der Waals surface area contributed by atoms with Crippen LogP contribution in [-0.4, -0.2) is 95.8 Å². The molecule has 1 amide bonds. The molecule has 0 saturated carbocycles. The Morgan fingerprint density at radius 1 is 0.778 bits per heavy atom. The highest BCUT2D eigenvalue weighted by Crippen LogP contribution is 2.21. The zero-order chi connectivity index (χ0) is 25.8. The van der Waals surface area contributed by atoms with Crippen molar-refractivity contribution in [3.8, 4) is 0 Å². The second-order valence-electron chi connectivity index (χ2n) is 8.94. The molecule has 2 aliphatic heterocycles. The number of amides is 1. The van der Waals surface area contributed by atoms with E-state index in [1.165, 1.54) is 20.7 Å². The molecule has 2 heterocycles. The lowest BCUT2D eigenvalue weighted by Gasteiger charge is -2.31. The molecule has 4 rings (SSSR count). The Bertz CT molecular complexity index is 1250. The van der Waals surface area contributed by atoms with Crippen LogP contribution in [0.4, 0.5) is 5.69 Å². The maximum Gasteiger partial charge on any atom is 0.243 e. The minimum absolute atomic E-state index is 0.205. The summed E-state index contributed by atoms with van der Waals surface area (Å²) in [5.41, 5.74) is 1.36. The Labute approximate surface area is 212 Å². The molecule has 0 atom stereocenters. The van der Waals surface area contributed by atoms with E-state index in [9.17, 15) is 21.6 Å². The maximum absolute atomic E-state index is 12.8. The number of hydrogen-bond donors (Lipinski definition) is 1. The van der Waals surface area contributed by atoms with Crippen LogP contribution >= 0.6 is 0 Å². The Morgan fingerprint density at radius 3 is 1.83 bits per heavy atom. The van der Waals surface area contributed by atoms with Crippen molar-refractivity contribution in [3.63, 3.8) is 0 Å². The van der Waals surface area contributed by atoms with Crippen LogP contribution in [0.5, 0.6) is 0 Å². The van der Waals surface area contributed by atoms with Crippen LogP contribution in [0.2, 0.25) is 0 Å². The third-order valence-electron chi connectivity index (χ3n) is 6.41. The molecule has 10 nitrogen and oxygen atoms in total. The number of nitrogens with zero attached hydrogens (tertiary/aromatic N) is 3. The number of carbonyl (C=O) groups excluding carboxylic acids is 1. The number of aryl methyl sites for hydroxylation is 1. The molecule has 2 aromatic carbocycles. The van der Waals surface area contributed by atoms with Crippen LogP contribution in [0, 0.1) is 0 Å². The second kappa shape index (κ2) is 11.4. The molecule has 2 fully saturated rings. The van der Waals surface area contributed by atoms with E-state index in [-0.39, 0.29) is 22.1 Å². The molecule has 2 saturated heterocycles. The predicted octanol–water partition coefficient (Wildman–Crippen LogP) is 1.21. The van der Waals surface area contributed by atoms with Crippen molar-refractivity contribution in [2.24, 2.45) is 0 Å². The molecule has 2 aliphatic rings. The fraction of sp³-hybridized carbons (Fsp3) is 0.458.